The third-order valence-corrected chi connectivity index (χ3v) is 3.48. The Labute approximate surface area is 87.4 Å². The average molecular weight is 197 g/mol. The van der Waals surface area contributed by atoms with Gasteiger partial charge in [0.1, 0.15) is 0 Å². The molecule has 2 aliphatic heterocycles. The summed E-state index contributed by atoms with van der Waals surface area (Å²) in [5, 5.41) is 3.67. The van der Waals surface area contributed by atoms with Gasteiger partial charge < -0.3 is 15.1 Å². The van der Waals surface area contributed by atoms with E-state index < -0.39 is 0 Å². The molecule has 2 saturated heterocycles. The van der Waals surface area contributed by atoms with Gasteiger partial charge in [-0.05, 0) is 45.9 Å². The van der Waals surface area contributed by atoms with Crippen molar-refractivity contribution in [3.05, 3.63) is 0 Å². The molecule has 1 atom stereocenters. The minimum atomic E-state index is 0.771. The topological polar surface area (TPSA) is 18.5 Å². The van der Waals surface area contributed by atoms with Gasteiger partial charge in [-0.15, -0.1) is 0 Å². The summed E-state index contributed by atoms with van der Waals surface area (Å²) in [4.78, 5) is 4.83. The first-order valence-electron chi connectivity index (χ1n) is 5.84. The molecule has 0 saturated carbocycles. The number of rotatable bonds is 3. The Kier molecular flexibility index (Phi) is 3.42. The zero-order chi connectivity index (χ0) is 9.97. The van der Waals surface area contributed by atoms with Crippen LogP contribution in [0.2, 0.25) is 0 Å². The lowest BCUT2D eigenvalue weighted by atomic mass is 9.97. The van der Waals surface area contributed by atoms with Crippen molar-refractivity contribution in [3.8, 4) is 0 Å². The lowest BCUT2D eigenvalue weighted by Gasteiger charge is -2.38. The van der Waals surface area contributed by atoms with E-state index in [1.165, 1.54) is 45.6 Å². The Bertz CT molecular complexity index is 177. The van der Waals surface area contributed by atoms with Gasteiger partial charge in [-0.2, -0.15) is 0 Å². The summed E-state index contributed by atoms with van der Waals surface area (Å²) >= 11 is 0. The second-order valence-corrected chi connectivity index (χ2v) is 5.10. The first-order chi connectivity index (χ1) is 6.74. The van der Waals surface area contributed by atoms with Crippen LogP contribution in [0.1, 0.15) is 12.8 Å². The van der Waals surface area contributed by atoms with E-state index in [2.05, 4.69) is 29.2 Å². The quantitative estimate of drug-likeness (QED) is 0.699. The third-order valence-electron chi connectivity index (χ3n) is 3.48. The molecule has 0 aromatic rings. The van der Waals surface area contributed by atoms with Crippen molar-refractivity contribution in [1.82, 2.24) is 15.1 Å². The van der Waals surface area contributed by atoms with Gasteiger partial charge >= 0.3 is 0 Å². The van der Waals surface area contributed by atoms with Crippen molar-refractivity contribution in [2.24, 2.45) is 5.92 Å². The van der Waals surface area contributed by atoms with Crippen LogP contribution in [0.4, 0.5) is 0 Å². The first kappa shape index (κ1) is 10.4. The van der Waals surface area contributed by atoms with Gasteiger partial charge in [0, 0.05) is 25.7 Å². The van der Waals surface area contributed by atoms with Gasteiger partial charge in [-0.25, -0.2) is 0 Å². The highest BCUT2D eigenvalue weighted by Crippen LogP contribution is 2.14. The molecule has 2 fully saturated rings. The van der Waals surface area contributed by atoms with E-state index in [0.29, 0.717) is 0 Å². The summed E-state index contributed by atoms with van der Waals surface area (Å²) < 4.78 is 0. The molecular weight excluding hydrogens is 174 g/mol. The van der Waals surface area contributed by atoms with Crippen molar-refractivity contribution in [1.29, 1.82) is 0 Å². The number of likely N-dealkylation sites (tertiary alicyclic amines) is 2. The van der Waals surface area contributed by atoms with Crippen LogP contribution in [0.25, 0.3) is 0 Å². The molecule has 0 aromatic carbocycles. The molecule has 1 N–H and O–H groups in total. The van der Waals surface area contributed by atoms with Gasteiger partial charge in [-0.3, -0.25) is 0 Å². The monoisotopic (exact) mass is 197 g/mol. The maximum Gasteiger partial charge on any atom is 0.0322 e. The van der Waals surface area contributed by atoms with Gasteiger partial charge in [0.2, 0.25) is 0 Å². The van der Waals surface area contributed by atoms with E-state index in [0.717, 1.165) is 12.0 Å². The zero-order valence-corrected chi connectivity index (χ0v) is 9.50. The lowest BCUT2D eigenvalue weighted by molar-refractivity contribution is 0.143. The molecule has 0 spiro atoms. The average Bonchev–Trinajstić information content (AvgIpc) is 2.11. The van der Waals surface area contributed by atoms with E-state index >= 15 is 0 Å². The van der Waals surface area contributed by atoms with Crippen LogP contribution in [0.15, 0.2) is 0 Å². The summed E-state index contributed by atoms with van der Waals surface area (Å²) in [5.74, 6) is 0.889. The maximum atomic E-state index is 3.67. The fraction of sp³-hybridized carbons (Fsp3) is 1.00. The number of nitrogens with zero attached hydrogens (tertiary/aromatic N) is 2. The Balaban J connectivity index is 1.60. The van der Waals surface area contributed by atoms with Crippen LogP contribution in [0, 0.1) is 5.92 Å². The molecular formula is C11H23N3. The first-order valence-corrected chi connectivity index (χ1v) is 5.84. The molecule has 0 radical (unpaired) electrons. The van der Waals surface area contributed by atoms with E-state index in [-0.39, 0.29) is 0 Å². The van der Waals surface area contributed by atoms with E-state index in [1.54, 1.807) is 0 Å². The highest BCUT2D eigenvalue weighted by atomic mass is 15.2. The van der Waals surface area contributed by atoms with Crippen LogP contribution in [0.5, 0.6) is 0 Å². The lowest BCUT2D eigenvalue weighted by Crippen LogP contribution is -2.57. The molecule has 0 aliphatic carbocycles. The van der Waals surface area contributed by atoms with Gasteiger partial charge in [-0.1, -0.05) is 0 Å². The van der Waals surface area contributed by atoms with Crippen LogP contribution >= 0.6 is 0 Å². The van der Waals surface area contributed by atoms with E-state index in [1.807, 2.05) is 0 Å². The Hall–Kier alpha value is -0.120. The minimum absolute atomic E-state index is 0.771. The molecule has 2 heterocycles. The second kappa shape index (κ2) is 4.60. The van der Waals surface area contributed by atoms with Crippen LogP contribution in [0.3, 0.4) is 0 Å². The molecule has 1 unspecified atom stereocenters. The molecule has 3 nitrogen and oxygen atoms in total. The predicted octanol–water partition coefficient (Wildman–Crippen LogP) is 0.232. The molecule has 0 aromatic heterocycles. The highest BCUT2D eigenvalue weighted by molar-refractivity contribution is 4.84. The number of nitrogens with one attached hydrogen (secondary N) is 1. The summed E-state index contributed by atoms with van der Waals surface area (Å²) in [7, 11) is 4.43. The van der Waals surface area contributed by atoms with Crippen LogP contribution in [-0.4, -0.2) is 62.7 Å². The standard InChI is InChI=1S/C11H23N3/c1-13-5-3-4-10(7-13)6-12-11-8-14(2)9-11/h10-12H,3-9H2,1-2H3. The summed E-state index contributed by atoms with van der Waals surface area (Å²) in [5.41, 5.74) is 0. The minimum Gasteiger partial charge on any atom is -0.311 e. The fourth-order valence-electron chi connectivity index (χ4n) is 2.60. The molecule has 2 rings (SSSR count). The normalized spacial score (nSPS) is 31.7. The molecule has 0 amide bonds. The molecule has 82 valence electrons. The van der Waals surface area contributed by atoms with Crippen molar-refractivity contribution in [3.63, 3.8) is 0 Å². The number of piperidine rings is 1. The zero-order valence-electron chi connectivity index (χ0n) is 9.50. The summed E-state index contributed by atoms with van der Waals surface area (Å²) in [6.07, 6.45) is 2.80. The van der Waals surface area contributed by atoms with Crippen LogP contribution in [-0.2, 0) is 0 Å². The van der Waals surface area contributed by atoms with Gasteiger partial charge in [0.05, 0.1) is 0 Å². The van der Waals surface area contributed by atoms with Gasteiger partial charge in [0.25, 0.3) is 0 Å². The molecule has 3 heteroatoms. The number of hydrogen-bond acceptors (Lipinski definition) is 3. The van der Waals surface area contributed by atoms with E-state index in [9.17, 15) is 0 Å². The number of likely N-dealkylation sites (N-methyl/N-ethyl adjacent to an activating group) is 1. The second-order valence-electron chi connectivity index (χ2n) is 5.10. The molecule has 2 aliphatic rings. The summed E-state index contributed by atoms with van der Waals surface area (Å²) in [6, 6.07) is 0.771. The Morgan fingerprint density at radius 1 is 1.14 bits per heavy atom. The third kappa shape index (κ3) is 2.69. The number of hydrogen-bond donors (Lipinski definition) is 1. The van der Waals surface area contributed by atoms with Crippen molar-refractivity contribution in [2.45, 2.75) is 18.9 Å². The molecule has 14 heavy (non-hydrogen) atoms. The van der Waals surface area contributed by atoms with Gasteiger partial charge in [0.15, 0.2) is 0 Å². The Morgan fingerprint density at radius 3 is 2.57 bits per heavy atom. The SMILES string of the molecule is CN1CCCC(CNC2CN(C)C2)C1. The van der Waals surface area contributed by atoms with Crippen LogP contribution < -0.4 is 5.32 Å². The highest BCUT2D eigenvalue weighted by Gasteiger charge is 2.24. The smallest absolute Gasteiger partial charge is 0.0322 e. The van der Waals surface area contributed by atoms with Crippen molar-refractivity contribution < 1.29 is 0 Å². The molecule has 0 bridgehead atoms. The van der Waals surface area contributed by atoms with Crippen molar-refractivity contribution in [2.75, 3.05) is 46.8 Å². The summed E-state index contributed by atoms with van der Waals surface area (Å²) in [6.45, 7) is 6.28. The predicted molar refractivity (Wildman–Crippen MR) is 59.5 cm³/mol. The maximum absolute atomic E-state index is 3.67. The van der Waals surface area contributed by atoms with E-state index in [4.69, 9.17) is 0 Å². The Morgan fingerprint density at radius 2 is 1.93 bits per heavy atom. The largest absolute Gasteiger partial charge is 0.311 e. The fourth-order valence-corrected chi connectivity index (χ4v) is 2.60. The van der Waals surface area contributed by atoms with Crippen molar-refractivity contribution >= 4 is 0 Å².